The number of ether oxygens (including phenoxy) is 1. The van der Waals surface area contributed by atoms with Gasteiger partial charge in [-0.15, -0.1) is 0 Å². The number of likely N-dealkylation sites (N-methyl/N-ethyl adjacent to an activating group) is 1. The zero-order chi connectivity index (χ0) is 19.6. The largest absolute Gasteiger partial charge is 0.491 e. The van der Waals surface area contributed by atoms with Crippen LogP contribution < -0.4 is 4.74 Å². The summed E-state index contributed by atoms with van der Waals surface area (Å²) in [7, 11) is -3.12. The van der Waals surface area contributed by atoms with Crippen LogP contribution in [-0.2, 0) is 21.1 Å². The zero-order valence-electron chi connectivity index (χ0n) is 16.2. The van der Waals surface area contributed by atoms with E-state index in [1.807, 2.05) is 12.1 Å². The minimum absolute atomic E-state index is 0.0102. The summed E-state index contributed by atoms with van der Waals surface area (Å²) < 4.78 is 37.3. The Kier molecular flexibility index (Phi) is 6.67. The van der Waals surface area contributed by atoms with E-state index < -0.39 is 16.4 Å². The highest BCUT2D eigenvalue weighted by Gasteiger charge is 2.24. The Bertz CT molecular complexity index is 686. The predicted molar refractivity (Wildman–Crippen MR) is 99.5 cm³/mol. The van der Waals surface area contributed by atoms with E-state index in [-0.39, 0.29) is 24.0 Å². The quantitative estimate of drug-likeness (QED) is 0.749. The molecule has 7 heteroatoms. The van der Waals surface area contributed by atoms with Gasteiger partial charge in [-0.3, -0.25) is 4.55 Å². The van der Waals surface area contributed by atoms with Gasteiger partial charge in [-0.2, -0.15) is 12.7 Å². The molecule has 0 aliphatic rings. The van der Waals surface area contributed by atoms with E-state index in [9.17, 15) is 13.5 Å². The van der Waals surface area contributed by atoms with Crippen LogP contribution in [0.4, 0.5) is 0 Å². The first kappa shape index (κ1) is 21.9. The van der Waals surface area contributed by atoms with Crippen molar-refractivity contribution in [3.63, 3.8) is 0 Å². The van der Waals surface area contributed by atoms with E-state index in [4.69, 9.17) is 9.29 Å². The van der Waals surface area contributed by atoms with Gasteiger partial charge in [0, 0.05) is 13.6 Å². The number of benzene rings is 1. The lowest BCUT2D eigenvalue weighted by Crippen LogP contribution is -2.36. The molecule has 6 nitrogen and oxygen atoms in total. The van der Waals surface area contributed by atoms with Crippen molar-refractivity contribution in [3.8, 4) is 5.75 Å². The summed E-state index contributed by atoms with van der Waals surface area (Å²) in [6, 6.07) is 6.01. The molecular weight excluding hydrogens is 342 g/mol. The Hall–Kier alpha value is -1.15. The molecule has 25 heavy (non-hydrogen) atoms. The summed E-state index contributed by atoms with van der Waals surface area (Å²) in [5.41, 5.74) is 2.08. The summed E-state index contributed by atoms with van der Waals surface area (Å²) in [6.45, 7) is 12.4. The third kappa shape index (κ3) is 6.58. The van der Waals surface area contributed by atoms with E-state index >= 15 is 0 Å². The molecule has 0 aliphatic heterocycles. The molecule has 0 aromatic heterocycles. The predicted octanol–water partition coefficient (Wildman–Crippen LogP) is 2.76. The van der Waals surface area contributed by atoms with Crippen LogP contribution in [0.5, 0.6) is 5.75 Å². The fraction of sp³-hybridized carbons (Fsp3) is 0.667. The number of hydrogen-bond acceptors (Lipinski definition) is 4. The summed E-state index contributed by atoms with van der Waals surface area (Å²) in [5.74, 6) is 0.661. The van der Waals surface area contributed by atoms with Crippen molar-refractivity contribution in [2.45, 2.75) is 58.5 Å². The van der Waals surface area contributed by atoms with Crippen LogP contribution in [0.25, 0.3) is 0 Å². The minimum atomic E-state index is -4.32. The van der Waals surface area contributed by atoms with Gasteiger partial charge in [-0.1, -0.05) is 53.7 Å². The lowest BCUT2D eigenvalue weighted by molar-refractivity contribution is 0.0908. The molecule has 1 rings (SSSR count). The number of aliphatic hydroxyl groups excluding tert-OH is 1. The van der Waals surface area contributed by atoms with Crippen molar-refractivity contribution in [1.82, 2.24) is 4.31 Å². The Morgan fingerprint density at radius 1 is 1.12 bits per heavy atom. The molecule has 0 aliphatic carbocycles. The third-order valence-electron chi connectivity index (χ3n) is 3.95. The van der Waals surface area contributed by atoms with Crippen molar-refractivity contribution in [1.29, 1.82) is 0 Å². The second-order valence-corrected chi connectivity index (χ2v) is 9.95. The number of hydrogen-bond donors (Lipinski definition) is 2. The van der Waals surface area contributed by atoms with Crippen molar-refractivity contribution in [3.05, 3.63) is 29.3 Å². The number of nitrogens with zero attached hydrogens (tertiary/aromatic N) is 1. The molecule has 1 aromatic carbocycles. The Balaban J connectivity index is 2.95. The van der Waals surface area contributed by atoms with Gasteiger partial charge in [0.2, 0.25) is 0 Å². The van der Waals surface area contributed by atoms with Gasteiger partial charge in [0.1, 0.15) is 18.5 Å². The Labute approximate surface area is 151 Å². The van der Waals surface area contributed by atoms with Gasteiger partial charge in [0.25, 0.3) is 0 Å². The molecule has 0 saturated carbocycles. The first-order valence-corrected chi connectivity index (χ1v) is 9.66. The topological polar surface area (TPSA) is 87.1 Å². The molecule has 144 valence electrons. The molecule has 1 aromatic rings. The van der Waals surface area contributed by atoms with Gasteiger partial charge >= 0.3 is 10.3 Å². The standard InChI is InChI=1S/C18H31NO5S/c1-17(2,3)13-8-9-16(15(10-13)18(4,5)6)24-12-14(20)11-19(7)25(21,22)23/h8-10,14,20H,11-12H2,1-7H3,(H,21,22,23). The van der Waals surface area contributed by atoms with Gasteiger partial charge in [-0.25, -0.2) is 0 Å². The number of aliphatic hydroxyl groups is 1. The highest BCUT2D eigenvalue weighted by atomic mass is 32.2. The van der Waals surface area contributed by atoms with Crippen LogP contribution in [0.2, 0.25) is 0 Å². The summed E-state index contributed by atoms with van der Waals surface area (Å²) in [5, 5.41) is 9.98. The molecular formula is C18H31NO5S. The zero-order valence-corrected chi connectivity index (χ0v) is 17.0. The van der Waals surface area contributed by atoms with Crippen LogP contribution in [0.3, 0.4) is 0 Å². The van der Waals surface area contributed by atoms with Crippen LogP contribution >= 0.6 is 0 Å². The van der Waals surface area contributed by atoms with E-state index in [0.717, 1.165) is 5.56 Å². The molecule has 0 spiro atoms. The van der Waals surface area contributed by atoms with Crippen LogP contribution in [0.1, 0.15) is 52.7 Å². The van der Waals surface area contributed by atoms with Crippen molar-refractivity contribution < 1.29 is 22.8 Å². The molecule has 0 heterocycles. The fourth-order valence-electron chi connectivity index (χ4n) is 2.34. The second-order valence-electron chi connectivity index (χ2n) is 8.43. The lowest BCUT2D eigenvalue weighted by atomic mass is 9.80. The third-order valence-corrected chi connectivity index (χ3v) is 4.88. The normalized spacial score (nSPS) is 14.6. The molecule has 0 saturated heterocycles. The second kappa shape index (κ2) is 7.61. The van der Waals surface area contributed by atoms with Gasteiger partial charge in [-0.05, 0) is 28.0 Å². The first-order valence-electron chi connectivity index (χ1n) is 8.27. The highest BCUT2D eigenvalue weighted by Crippen LogP contribution is 2.35. The van der Waals surface area contributed by atoms with Crippen LogP contribution in [0, 0.1) is 0 Å². The molecule has 1 unspecified atom stereocenters. The summed E-state index contributed by atoms with van der Waals surface area (Å²) in [4.78, 5) is 0. The fourth-order valence-corrected chi connectivity index (χ4v) is 2.70. The van der Waals surface area contributed by atoms with Crippen molar-refractivity contribution in [2.24, 2.45) is 0 Å². The smallest absolute Gasteiger partial charge is 0.335 e. The molecule has 2 N–H and O–H groups in total. The van der Waals surface area contributed by atoms with Gasteiger partial charge in [0.05, 0.1) is 0 Å². The maximum atomic E-state index is 11.0. The maximum Gasteiger partial charge on any atom is 0.335 e. The Morgan fingerprint density at radius 2 is 1.68 bits per heavy atom. The lowest BCUT2D eigenvalue weighted by Gasteiger charge is -2.28. The molecule has 0 amide bonds. The van der Waals surface area contributed by atoms with Gasteiger partial charge < -0.3 is 9.84 Å². The average molecular weight is 374 g/mol. The van der Waals surface area contributed by atoms with E-state index in [1.165, 1.54) is 12.6 Å². The number of rotatable bonds is 6. The summed E-state index contributed by atoms with van der Waals surface area (Å²) in [6.07, 6.45) is -1.05. The van der Waals surface area contributed by atoms with Gasteiger partial charge in [0.15, 0.2) is 0 Å². The molecule has 0 bridgehead atoms. The SMILES string of the molecule is CN(CC(O)COc1ccc(C(C)(C)C)cc1C(C)(C)C)S(=O)(=O)O. The van der Waals surface area contributed by atoms with E-state index in [2.05, 4.69) is 47.6 Å². The maximum absolute atomic E-state index is 11.0. The van der Waals surface area contributed by atoms with Crippen molar-refractivity contribution in [2.75, 3.05) is 20.2 Å². The monoisotopic (exact) mass is 373 g/mol. The van der Waals surface area contributed by atoms with Crippen LogP contribution in [0.15, 0.2) is 18.2 Å². The molecule has 0 radical (unpaired) electrons. The van der Waals surface area contributed by atoms with E-state index in [1.54, 1.807) is 0 Å². The molecule has 1 atom stereocenters. The van der Waals surface area contributed by atoms with Crippen molar-refractivity contribution >= 4 is 10.3 Å². The Morgan fingerprint density at radius 3 is 2.12 bits per heavy atom. The molecule has 0 fully saturated rings. The first-order chi connectivity index (χ1) is 11.1. The summed E-state index contributed by atoms with van der Waals surface area (Å²) >= 11 is 0. The van der Waals surface area contributed by atoms with Crippen LogP contribution in [-0.4, -0.2) is 48.7 Å². The van der Waals surface area contributed by atoms with E-state index in [0.29, 0.717) is 10.1 Å². The highest BCUT2D eigenvalue weighted by molar-refractivity contribution is 7.83. The average Bonchev–Trinajstić information content (AvgIpc) is 2.41. The minimum Gasteiger partial charge on any atom is -0.491 e.